The first-order valence-corrected chi connectivity index (χ1v) is 10.4. The number of nitrogens with one attached hydrogen (secondary N) is 1. The summed E-state index contributed by atoms with van der Waals surface area (Å²) in [6, 6.07) is 13.5. The van der Waals surface area contributed by atoms with E-state index >= 15 is 0 Å². The number of pyridine rings is 1. The topological polar surface area (TPSA) is 83.9 Å². The molecule has 32 heavy (non-hydrogen) atoms. The number of carbonyl (C=O) groups excluding carboxylic acids is 2. The molecule has 0 spiro atoms. The van der Waals surface area contributed by atoms with Crippen LogP contribution in [0.3, 0.4) is 0 Å². The standard InChI is InChI=1S/C24H26N4O4/c1-26-10-12-28(13-11-26)24(31)16-8-9-21(32-3)19(14-16)25-23(30)18-15-22(29)27(2)20-7-5-4-6-17(18)20/h4-9,14-15H,10-13H2,1-3H3,(H,25,30). The predicted octanol–water partition coefficient (Wildman–Crippen LogP) is 2.19. The van der Waals surface area contributed by atoms with Gasteiger partial charge in [0.2, 0.25) is 0 Å². The highest BCUT2D eigenvalue weighted by atomic mass is 16.5. The number of aryl methyl sites for hydroxylation is 1. The lowest BCUT2D eigenvalue weighted by molar-refractivity contribution is 0.0664. The molecule has 0 saturated carbocycles. The molecule has 1 saturated heterocycles. The van der Waals surface area contributed by atoms with E-state index in [1.54, 1.807) is 37.4 Å². The lowest BCUT2D eigenvalue weighted by atomic mass is 10.1. The SMILES string of the molecule is COc1ccc(C(=O)N2CCN(C)CC2)cc1NC(=O)c1cc(=O)n(C)c2ccccc12. The molecule has 0 atom stereocenters. The van der Waals surface area contributed by atoms with Crippen LogP contribution in [0.5, 0.6) is 5.75 Å². The van der Waals surface area contributed by atoms with Gasteiger partial charge in [0.05, 0.1) is 23.9 Å². The van der Waals surface area contributed by atoms with Crippen LogP contribution in [-0.2, 0) is 7.05 Å². The smallest absolute Gasteiger partial charge is 0.256 e. The van der Waals surface area contributed by atoms with Crippen molar-refractivity contribution in [1.82, 2.24) is 14.4 Å². The van der Waals surface area contributed by atoms with Gasteiger partial charge in [-0.25, -0.2) is 0 Å². The predicted molar refractivity (Wildman–Crippen MR) is 124 cm³/mol. The Kier molecular flexibility index (Phi) is 5.96. The Balaban J connectivity index is 1.66. The van der Waals surface area contributed by atoms with Crippen LogP contribution in [0.15, 0.2) is 53.3 Å². The highest BCUT2D eigenvalue weighted by molar-refractivity contribution is 6.13. The Morgan fingerprint density at radius 2 is 1.69 bits per heavy atom. The lowest BCUT2D eigenvalue weighted by Gasteiger charge is -2.32. The summed E-state index contributed by atoms with van der Waals surface area (Å²) in [5.41, 5.74) is 1.50. The third kappa shape index (κ3) is 4.09. The molecule has 4 rings (SSSR count). The Labute approximate surface area is 186 Å². The number of carbonyl (C=O) groups is 2. The molecule has 2 aromatic carbocycles. The van der Waals surface area contributed by atoms with Crippen LogP contribution in [-0.4, -0.2) is 66.5 Å². The fourth-order valence-electron chi connectivity index (χ4n) is 3.92. The molecule has 0 aliphatic carbocycles. The molecule has 2 heterocycles. The van der Waals surface area contributed by atoms with Gasteiger partial charge < -0.3 is 24.4 Å². The summed E-state index contributed by atoms with van der Waals surface area (Å²) in [7, 11) is 5.20. The zero-order chi connectivity index (χ0) is 22.8. The zero-order valence-electron chi connectivity index (χ0n) is 18.4. The molecule has 0 unspecified atom stereocenters. The third-order valence-corrected chi connectivity index (χ3v) is 5.88. The van der Waals surface area contributed by atoms with Gasteiger partial charge in [-0.05, 0) is 31.3 Å². The number of anilines is 1. The molecular formula is C24H26N4O4. The van der Waals surface area contributed by atoms with Gasteiger partial charge in [-0.1, -0.05) is 18.2 Å². The number of benzene rings is 2. The zero-order valence-corrected chi connectivity index (χ0v) is 18.4. The first-order valence-electron chi connectivity index (χ1n) is 10.4. The van der Waals surface area contributed by atoms with Crippen molar-refractivity contribution in [3.63, 3.8) is 0 Å². The number of para-hydroxylation sites is 1. The van der Waals surface area contributed by atoms with Crippen LogP contribution in [0.1, 0.15) is 20.7 Å². The summed E-state index contributed by atoms with van der Waals surface area (Å²) in [5.74, 6) is -0.0990. The number of piperazine rings is 1. The Morgan fingerprint density at radius 1 is 0.969 bits per heavy atom. The fourth-order valence-corrected chi connectivity index (χ4v) is 3.92. The van der Waals surface area contributed by atoms with Crippen molar-refractivity contribution in [3.05, 3.63) is 70.0 Å². The summed E-state index contributed by atoms with van der Waals surface area (Å²) in [4.78, 5) is 42.5. The van der Waals surface area contributed by atoms with E-state index < -0.39 is 5.91 Å². The Bertz CT molecular complexity index is 1240. The van der Waals surface area contributed by atoms with Crippen molar-refractivity contribution in [2.75, 3.05) is 45.7 Å². The van der Waals surface area contributed by atoms with Gasteiger partial charge in [-0.3, -0.25) is 14.4 Å². The normalized spacial score (nSPS) is 14.4. The van der Waals surface area contributed by atoms with Crippen molar-refractivity contribution in [2.45, 2.75) is 0 Å². The number of methoxy groups -OCH3 is 1. The molecule has 0 bridgehead atoms. The minimum absolute atomic E-state index is 0.0877. The number of aromatic nitrogens is 1. The molecule has 2 amide bonds. The van der Waals surface area contributed by atoms with Gasteiger partial charge >= 0.3 is 0 Å². The number of rotatable bonds is 4. The maximum atomic E-state index is 13.2. The Hall–Kier alpha value is -3.65. The molecule has 166 valence electrons. The summed E-state index contributed by atoms with van der Waals surface area (Å²) in [5, 5.41) is 3.49. The summed E-state index contributed by atoms with van der Waals surface area (Å²) in [6.45, 7) is 2.95. The molecule has 1 aliphatic heterocycles. The van der Waals surface area contributed by atoms with Crippen LogP contribution in [0.2, 0.25) is 0 Å². The van der Waals surface area contributed by atoms with Gasteiger partial charge in [0.1, 0.15) is 5.75 Å². The second-order valence-corrected chi connectivity index (χ2v) is 7.94. The first kappa shape index (κ1) is 21.6. The Morgan fingerprint density at radius 3 is 2.41 bits per heavy atom. The van der Waals surface area contributed by atoms with E-state index in [9.17, 15) is 14.4 Å². The number of hydrogen-bond donors (Lipinski definition) is 1. The molecule has 1 fully saturated rings. The average molecular weight is 434 g/mol. The van der Waals surface area contributed by atoms with E-state index in [0.717, 1.165) is 13.1 Å². The molecule has 1 N–H and O–H groups in total. The van der Waals surface area contributed by atoms with Crippen molar-refractivity contribution >= 4 is 28.4 Å². The van der Waals surface area contributed by atoms with Crippen molar-refractivity contribution in [3.8, 4) is 5.75 Å². The van der Waals surface area contributed by atoms with E-state index in [-0.39, 0.29) is 17.0 Å². The van der Waals surface area contributed by atoms with Crippen molar-refractivity contribution in [2.24, 2.45) is 7.05 Å². The number of ether oxygens (including phenoxy) is 1. The van der Waals surface area contributed by atoms with E-state index in [1.807, 2.05) is 24.1 Å². The summed E-state index contributed by atoms with van der Waals surface area (Å²) >= 11 is 0. The van der Waals surface area contributed by atoms with Crippen molar-refractivity contribution < 1.29 is 14.3 Å². The minimum atomic E-state index is -0.443. The average Bonchev–Trinajstić information content (AvgIpc) is 2.81. The molecule has 1 aromatic heterocycles. The lowest BCUT2D eigenvalue weighted by Crippen LogP contribution is -2.47. The van der Waals surface area contributed by atoms with E-state index in [2.05, 4.69) is 10.2 Å². The fraction of sp³-hybridized carbons (Fsp3) is 0.292. The summed E-state index contributed by atoms with van der Waals surface area (Å²) in [6.07, 6.45) is 0. The summed E-state index contributed by atoms with van der Waals surface area (Å²) < 4.78 is 6.90. The van der Waals surface area contributed by atoms with Gasteiger partial charge in [-0.15, -0.1) is 0 Å². The molecule has 0 radical (unpaired) electrons. The maximum Gasteiger partial charge on any atom is 0.256 e. The van der Waals surface area contributed by atoms with Gasteiger partial charge in [0.15, 0.2) is 0 Å². The van der Waals surface area contributed by atoms with E-state index in [0.29, 0.717) is 41.0 Å². The molecular weight excluding hydrogens is 408 g/mol. The second kappa shape index (κ2) is 8.84. The third-order valence-electron chi connectivity index (χ3n) is 5.88. The van der Waals surface area contributed by atoms with Crippen molar-refractivity contribution in [1.29, 1.82) is 0 Å². The van der Waals surface area contributed by atoms with Gasteiger partial charge in [0, 0.05) is 50.2 Å². The number of nitrogens with zero attached hydrogens (tertiary/aromatic N) is 3. The quantitative estimate of drug-likeness (QED) is 0.681. The maximum absolute atomic E-state index is 13.2. The van der Waals surface area contributed by atoms with Crippen LogP contribution < -0.4 is 15.6 Å². The highest BCUT2D eigenvalue weighted by Crippen LogP contribution is 2.28. The van der Waals surface area contributed by atoms with Gasteiger partial charge in [0.25, 0.3) is 17.4 Å². The minimum Gasteiger partial charge on any atom is -0.495 e. The van der Waals surface area contributed by atoms with Crippen LogP contribution >= 0.6 is 0 Å². The number of likely N-dealkylation sites (N-methyl/N-ethyl adjacent to an activating group) is 1. The number of hydrogen-bond acceptors (Lipinski definition) is 5. The van der Waals surface area contributed by atoms with Crippen LogP contribution in [0.4, 0.5) is 5.69 Å². The van der Waals surface area contributed by atoms with E-state index in [4.69, 9.17) is 4.74 Å². The van der Waals surface area contributed by atoms with Gasteiger partial charge in [-0.2, -0.15) is 0 Å². The largest absolute Gasteiger partial charge is 0.495 e. The first-order chi connectivity index (χ1) is 15.4. The van der Waals surface area contributed by atoms with Crippen LogP contribution in [0.25, 0.3) is 10.9 Å². The number of amides is 2. The highest BCUT2D eigenvalue weighted by Gasteiger charge is 2.22. The molecule has 8 heteroatoms. The van der Waals surface area contributed by atoms with Crippen LogP contribution in [0, 0.1) is 0 Å². The monoisotopic (exact) mass is 434 g/mol. The second-order valence-electron chi connectivity index (χ2n) is 7.94. The molecule has 3 aromatic rings. The molecule has 1 aliphatic rings. The molecule has 8 nitrogen and oxygen atoms in total. The number of fused-ring (bicyclic) bond motifs is 1. The van der Waals surface area contributed by atoms with E-state index in [1.165, 1.54) is 17.7 Å².